The van der Waals surface area contributed by atoms with E-state index in [1.54, 1.807) is 0 Å². The molecule has 106 valence electrons. The van der Waals surface area contributed by atoms with Crippen LogP contribution in [0.2, 0.25) is 5.15 Å². The van der Waals surface area contributed by atoms with Crippen molar-refractivity contribution >= 4 is 40.6 Å². The van der Waals surface area contributed by atoms with Crippen molar-refractivity contribution in [1.29, 1.82) is 0 Å². The number of rotatable bonds is 5. The fourth-order valence-electron chi connectivity index (χ4n) is 1.47. The van der Waals surface area contributed by atoms with E-state index in [9.17, 15) is 9.59 Å². The number of aliphatic carboxylic acids is 1. The number of nitrogens with zero attached hydrogens (tertiary/aromatic N) is 3. The lowest BCUT2D eigenvalue weighted by molar-refractivity contribution is -0.137. The monoisotopic (exact) mass is 298 g/mol. The fourth-order valence-corrected chi connectivity index (χ4v) is 1.69. The maximum Gasteiger partial charge on any atom is 0.303 e. The molecule has 20 heavy (non-hydrogen) atoms. The van der Waals surface area contributed by atoms with Crippen LogP contribution in [-0.2, 0) is 9.59 Å². The fraction of sp³-hybridized carbons (Fsp3) is 0.300. The van der Waals surface area contributed by atoms with E-state index in [2.05, 4.69) is 25.3 Å². The van der Waals surface area contributed by atoms with Gasteiger partial charge in [-0.3, -0.25) is 14.9 Å². The molecule has 9 nitrogen and oxygen atoms in total. The highest BCUT2D eigenvalue weighted by molar-refractivity contribution is 6.33. The van der Waals surface area contributed by atoms with Crippen LogP contribution in [0.25, 0.3) is 11.2 Å². The molecule has 0 fully saturated rings. The third-order valence-electron chi connectivity index (χ3n) is 2.48. The van der Waals surface area contributed by atoms with Gasteiger partial charge in [-0.05, 0) is 6.42 Å². The molecule has 0 saturated carbocycles. The number of imidazole rings is 1. The number of fused-ring (bicyclic) bond motifs is 1. The molecule has 0 aromatic carbocycles. The van der Waals surface area contributed by atoms with E-state index < -0.39 is 17.9 Å². The first-order valence-electron chi connectivity index (χ1n) is 5.62. The third-order valence-corrected chi connectivity index (χ3v) is 2.76. The minimum atomic E-state index is -1.02. The van der Waals surface area contributed by atoms with Crippen LogP contribution >= 0.6 is 11.6 Å². The van der Waals surface area contributed by atoms with Crippen LogP contribution in [0.4, 0.5) is 5.95 Å². The second kappa shape index (κ2) is 5.80. The lowest BCUT2D eigenvalue weighted by Gasteiger charge is -2.10. The molecule has 0 aliphatic rings. The van der Waals surface area contributed by atoms with Crippen molar-refractivity contribution in [3.8, 4) is 0 Å². The van der Waals surface area contributed by atoms with Gasteiger partial charge in [0.2, 0.25) is 11.9 Å². The highest BCUT2D eigenvalue weighted by atomic mass is 35.5. The zero-order chi connectivity index (χ0) is 14.7. The summed E-state index contributed by atoms with van der Waals surface area (Å²) in [7, 11) is 0. The van der Waals surface area contributed by atoms with Gasteiger partial charge < -0.3 is 15.8 Å². The summed E-state index contributed by atoms with van der Waals surface area (Å²) in [6, 6.07) is -0.969. The van der Waals surface area contributed by atoms with Crippen LogP contribution in [-0.4, -0.2) is 43.0 Å². The maximum atomic E-state index is 11.7. The van der Waals surface area contributed by atoms with Gasteiger partial charge in [0.15, 0.2) is 10.8 Å². The summed E-state index contributed by atoms with van der Waals surface area (Å²) in [5.74, 6) is -1.65. The average Bonchev–Trinajstić information content (AvgIpc) is 2.84. The molecule has 2 aromatic rings. The first kappa shape index (κ1) is 14.2. The van der Waals surface area contributed by atoms with Gasteiger partial charge in [0.25, 0.3) is 0 Å². The molecular formula is C10H11ClN6O3. The van der Waals surface area contributed by atoms with Crippen molar-refractivity contribution in [3.63, 3.8) is 0 Å². The number of aromatic nitrogens is 4. The minimum Gasteiger partial charge on any atom is -0.481 e. The summed E-state index contributed by atoms with van der Waals surface area (Å²) in [5, 5.41) is 11.0. The number of H-pyrrole nitrogens is 1. The summed E-state index contributed by atoms with van der Waals surface area (Å²) < 4.78 is 0. The number of aromatic amines is 1. The van der Waals surface area contributed by atoms with Gasteiger partial charge in [0.1, 0.15) is 5.52 Å². The van der Waals surface area contributed by atoms with E-state index in [0.717, 1.165) is 0 Å². The zero-order valence-corrected chi connectivity index (χ0v) is 10.9. The van der Waals surface area contributed by atoms with Crippen molar-refractivity contribution in [2.45, 2.75) is 18.9 Å². The molecule has 10 heteroatoms. The van der Waals surface area contributed by atoms with Gasteiger partial charge in [0, 0.05) is 6.42 Å². The standard InChI is InChI=1S/C10H11ClN6O3/c11-7-6-8(14-3-13-6)16-10(15-7)17-9(20)4(12)1-2-5(18)19/h3-4H,1-2,12H2,(H,18,19)(H2,13,14,15,16,17,20). The molecule has 2 rings (SSSR count). The molecule has 1 atom stereocenters. The lowest BCUT2D eigenvalue weighted by atomic mass is 10.1. The van der Waals surface area contributed by atoms with Crippen LogP contribution in [0, 0.1) is 0 Å². The summed E-state index contributed by atoms with van der Waals surface area (Å²) in [4.78, 5) is 36.6. The lowest BCUT2D eigenvalue weighted by Crippen LogP contribution is -2.36. The first-order valence-corrected chi connectivity index (χ1v) is 6.00. The number of amides is 1. The van der Waals surface area contributed by atoms with Gasteiger partial charge in [-0.1, -0.05) is 11.6 Å². The van der Waals surface area contributed by atoms with Crippen LogP contribution in [0.1, 0.15) is 12.8 Å². The molecule has 1 amide bonds. The predicted octanol–water partition coefficient (Wildman–Crippen LogP) is 0.137. The third kappa shape index (κ3) is 3.19. The zero-order valence-electron chi connectivity index (χ0n) is 10.1. The molecule has 0 aliphatic carbocycles. The number of anilines is 1. The Balaban J connectivity index is 2.07. The molecule has 2 aromatic heterocycles. The molecule has 5 N–H and O–H groups in total. The Morgan fingerprint density at radius 3 is 2.95 bits per heavy atom. The summed E-state index contributed by atoms with van der Waals surface area (Å²) >= 11 is 5.89. The normalized spacial score (nSPS) is 12.3. The number of nitrogens with two attached hydrogens (primary N) is 1. The molecule has 0 aliphatic heterocycles. The van der Waals surface area contributed by atoms with Crippen LogP contribution in [0.5, 0.6) is 0 Å². The molecule has 1 unspecified atom stereocenters. The van der Waals surface area contributed by atoms with E-state index in [4.69, 9.17) is 22.4 Å². The highest BCUT2D eigenvalue weighted by Gasteiger charge is 2.17. The largest absolute Gasteiger partial charge is 0.481 e. The molecule has 0 saturated heterocycles. The smallest absolute Gasteiger partial charge is 0.303 e. The Morgan fingerprint density at radius 1 is 1.50 bits per heavy atom. The number of hydrogen-bond acceptors (Lipinski definition) is 6. The number of carbonyl (C=O) groups is 2. The van der Waals surface area contributed by atoms with Crippen molar-refractivity contribution in [2.24, 2.45) is 5.73 Å². The van der Waals surface area contributed by atoms with E-state index >= 15 is 0 Å². The van der Waals surface area contributed by atoms with E-state index in [-0.39, 0.29) is 23.9 Å². The van der Waals surface area contributed by atoms with Crippen molar-refractivity contribution in [3.05, 3.63) is 11.5 Å². The number of carboxylic acid groups (broad SMARTS) is 1. The average molecular weight is 299 g/mol. The van der Waals surface area contributed by atoms with Crippen LogP contribution in [0.15, 0.2) is 6.33 Å². The molecule has 0 radical (unpaired) electrons. The van der Waals surface area contributed by atoms with Crippen LogP contribution in [0.3, 0.4) is 0 Å². The number of carbonyl (C=O) groups excluding carboxylic acids is 1. The summed E-state index contributed by atoms with van der Waals surface area (Å²) in [5.41, 5.74) is 6.32. The van der Waals surface area contributed by atoms with Gasteiger partial charge in [-0.15, -0.1) is 0 Å². The summed E-state index contributed by atoms with van der Waals surface area (Å²) in [6.45, 7) is 0. The maximum absolute atomic E-state index is 11.7. The predicted molar refractivity (Wildman–Crippen MR) is 70.2 cm³/mol. The van der Waals surface area contributed by atoms with Crippen molar-refractivity contribution in [2.75, 3.05) is 5.32 Å². The number of hydrogen-bond donors (Lipinski definition) is 4. The van der Waals surface area contributed by atoms with E-state index in [0.29, 0.717) is 11.2 Å². The van der Waals surface area contributed by atoms with Gasteiger partial charge in [-0.25, -0.2) is 4.98 Å². The topological polar surface area (TPSA) is 147 Å². The number of carboxylic acids is 1. The van der Waals surface area contributed by atoms with Gasteiger partial charge in [-0.2, -0.15) is 9.97 Å². The first-order chi connectivity index (χ1) is 9.47. The Kier molecular flexibility index (Phi) is 4.11. The van der Waals surface area contributed by atoms with Crippen LogP contribution < -0.4 is 11.1 Å². The quantitative estimate of drug-likeness (QED) is 0.574. The number of halogens is 1. The minimum absolute atomic E-state index is 0.0134. The Hall–Kier alpha value is -2.26. The Bertz CT molecular complexity index is 657. The number of nitrogens with one attached hydrogen (secondary N) is 2. The van der Waals surface area contributed by atoms with Gasteiger partial charge >= 0.3 is 5.97 Å². The summed E-state index contributed by atoms with van der Waals surface area (Å²) in [6.07, 6.45) is 1.21. The second-order valence-electron chi connectivity index (χ2n) is 3.97. The highest BCUT2D eigenvalue weighted by Crippen LogP contribution is 2.18. The Morgan fingerprint density at radius 2 is 2.25 bits per heavy atom. The second-order valence-corrected chi connectivity index (χ2v) is 4.33. The Labute approximate surface area is 117 Å². The van der Waals surface area contributed by atoms with Crippen molar-refractivity contribution in [1.82, 2.24) is 19.9 Å². The van der Waals surface area contributed by atoms with Crippen molar-refractivity contribution < 1.29 is 14.7 Å². The van der Waals surface area contributed by atoms with E-state index in [1.165, 1.54) is 6.33 Å². The van der Waals surface area contributed by atoms with E-state index in [1.807, 2.05) is 0 Å². The van der Waals surface area contributed by atoms with Gasteiger partial charge in [0.05, 0.1) is 12.4 Å². The molecule has 2 heterocycles. The molecule has 0 spiro atoms. The SMILES string of the molecule is NC(CCC(=O)O)C(=O)Nc1nc(Cl)c2[nH]cnc2n1. The molecular weight excluding hydrogens is 288 g/mol. The molecule has 0 bridgehead atoms.